The fourth-order valence-electron chi connectivity index (χ4n) is 1.78. The highest BCUT2D eigenvalue weighted by Gasteiger charge is 2.15. The number of nitrogens with one attached hydrogen (secondary N) is 1. The molecule has 0 radical (unpaired) electrons. The Kier molecular flexibility index (Phi) is 3.68. The number of hydrogen-bond donors (Lipinski definition) is 1. The van der Waals surface area contributed by atoms with Crippen molar-refractivity contribution in [3.8, 4) is 11.4 Å². The monoisotopic (exact) mass is 280 g/mol. The van der Waals surface area contributed by atoms with Crippen LogP contribution in [0.25, 0.3) is 11.4 Å². The lowest BCUT2D eigenvalue weighted by Crippen LogP contribution is -2.23. The molecular formula is C15H12N4O2. The standard InChI is InChI=1S/C15H12N4O2/c20-14(17-10-11-5-4-8-16-9-11)15-18-13(19-21-15)12-6-2-1-3-7-12/h1-9H,10H2,(H,17,20). The van der Waals surface area contributed by atoms with E-state index in [1.165, 1.54) is 0 Å². The predicted molar refractivity (Wildman–Crippen MR) is 75.1 cm³/mol. The lowest BCUT2D eigenvalue weighted by atomic mass is 10.2. The summed E-state index contributed by atoms with van der Waals surface area (Å²) in [6.07, 6.45) is 3.36. The Morgan fingerprint density at radius 3 is 2.76 bits per heavy atom. The van der Waals surface area contributed by atoms with E-state index >= 15 is 0 Å². The zero-order valence-corrected chi connectivity index (χ0v) is 11.1. The minimum atomic E-state index is -0.409. The van der Waals surface area contributed by atoms with E-state index in [0.29, 0.717) is 12.4 Å². The smallest absolute Gasteiger partial charge is 0.316 e. The van der Waals surface area contributed by atoms with Gasteiger partial charge in [0.15, 0.2) is 0 Å². The van der Waals surface area contributed by atoms with Crippen molar-refractivity contribution in [2.24, 2.45) is 0 Å². The molecule has 6 nitrogen and oxygen atoms in total. The van der Waals surface area contributed by atoms with Crippen molar-refractivity contribution >= 4 is 5.91 Å². The first-order valence-electron chi connectivity index (χ1n) is 6.39. The van der Waals surface area contributed by atoms with E-state index < -0.39 is 5.91 Å². The predicted octanol–water partition coefficient (Wildman–Crippen LogP) is 2.06. The topological polar surface area (TPSA) is 80.9 Å². The zero-order chi connectivity index (χ0) is 14.5. The van der Waals surface area contributed by atoms with Gasteiger partial charge in [0.2, 0.25) is 5.82 Å². The second-order valence-corrected chi connectivity index (χ2v) is 4.33. The van der Waals surface area contributed by atoms with Crippen LogP contribution < -0.4 is 5.32 Å². The Morgan fingerprint density at radius 1 is 1.14 bits per heavy atom. The van der Waals surface area contributed by atoms with Gasteiger partial charge in [-0.05, 0) is 11.6 Å². The quantitative estimate of drug-likeness (QED) is 0.791. The minimum Gasteiger partial charge on any atom is -0.344 e. The molecule has 1 amide bonds. The van der Waals surface area contributed by atoms with Crippen molar-refractivity contribution in [2.45, 2.75) is 6.54 Å². The van der Waals surface area contributed by atoms with Crippen LogP contribution in [-0.4, -0.2) is 21.0 Å². The van der Waals surface area contributed by atoms with E-state index in [1.54, 1.807) is 12.4 Å². The SMILES string of the molecule is O=C(NCc1cccnc1)c1nc(-c2ccccc2)no1. The normalized spacial score (nSPS) is 10.3. The molecule has 0 bridgehead atoms. The van der Waals surface area contributed by atoms with Crippen LogP contribution in [0.4, 0.5) is 0 Å². The summed E-state index contributed by atoms with van der Waals surface area (Å²) >= 11 is 0. The number of aromatic nitrogens is 3. The summed E-state index contributed by atoms with van der Waals surface area (Å²) in [6.45, 7) is 0.357. The molecular weight excluding hydrogens is 268 g/mol. The van der Waals surface area contributed by atoms with Gasteiger partial charge >= 0.3 is 11.8 Å². The molecule has 0 fully saturated rings. The molecule has 0 saturated heterocycles. The van der Waals surface area contributed by atoms with Gasteiger partial charge in [0.1, 0.15) is 0 Å². The van der Waals surface area contributed by atoms with Gasteiger partial charge in [0, 0.05) is 24.5 Å². The highest BCUT2D eigenvalue weighted by atomic mass is 16.5. The van der Waals surface area contributed by atoms with E-state index in [-0.39, 0.29) is 5.89 Å². The number of amides is 1. The molecule has 1 aromatic carbocycles. The highest BCUT2D eigenvalue weighted by molar-refractivity contribution is 5.89. The zero-order valence-electron chi connectivity index (χ0n) is 11.1. The summed E-state index contributed by atoms with van der Waals surface area (Å²) in [5.41, 5.74) is 1.70. The van der Waals surface area contributed by atoms with Crippen LogP contribution in [0.5, 0.6) is 0 Å². The summed E-state index contributed by atoms with van der Waals surface area (Å²) in [5, 5.41) is 6.51. The van der Waals surface area contributed by atoms with Crippen LogP contribution in [0.2, 0.25) is 0 Å². The molecule has 1 N–H and O–H groups in total. The molecule has 0 unspecified atom stereocenters. The number of benzene rings is 1. The van der Waals surface area contributed by atoms with Crippen LogP contribution in [0.3, 0.4) is 0 Å². The Balaban J connectivity index is 1.67. The number of carbonyl (C=O) groups excluding carboxylic acids is 1. The molecule has 3 rings (SSSR count). The molecule has 2 heterocycles. The van der Waals surface area contributed by atoms with Crippen molar-refractivity contribution in [3.05, 3.63) is 66.3 Å². The first kappa shape index (κ1) is 13.0. The maximum absolute atomic E-state index is 11.9. The molecule has 0 atom stereocenters. The molecule has 6 heteroatoms. The van der Waals surface area contributed by atoms with Gasteiger partial charge in [-0.1, -0.05) is 41.6 Å². The van der Waals surface area contributed by atoms with Gasteiger partial charge < -0.3 is 9.84 Å². The van der Waals surface area contributed by atoms with Crippen LogP contribution in [-0.2, 0) is 6.54 Å². The first-order valence-corrected chi connectivity index (χ1v) is 6.39. The van der Waals surface area contributed by atoms with Crippen molar-refractivity contribution in [3.63, 3.8) is 0 Å². The first-order chi connectivity index (χ1) is 10.3. The number of rotatable bonds is 4. The largest absolute Gasteiger partial charge is 0.344 e. The van der Waals surface area contributed by atoms with E-state index in [9.17, 15) is 4.79 Å². The van der Waals surface area contributed by atoms with Gasteiger partial charge in [-0.15, -0.1) is 0 Å². The van der Waals surface area contributed by atoms with E-state index in [2.05, 4.69) is 20.4 Å². The Morgan fingerprint density at radius 2 is 2.00 bits per heavy atom. The van der Waals surface area contributed by atoms with Crippen molar-refractivity contribution < 1.29 is 9.32 Å². The van der Waals surface area contributed by atoms with Gasteiger partial charge in [0.25, 0.3) is 0 Å². The van der Waals surface area contributed by atoms with E-state index in [0.717, 1.165) is 11.1 Å². The van der Waals surface area contributed by atoms with Gasteiger partial charge in [-0.3, -0.25) is 9.78 Å². The second kappa shape index (κ2) is 5.96. The summed E-state index contributed by atoms with van der Waals surface area (Å²) in [7, 11) is 0. The van der Waals surface area contributed by atoms with Crippen molar-refractivity contribution in [1.82, 2.24) is 20.4 Å². The molecule has 0 saturated carbocycles. The Labute approximate surface area is 120 Å². The summed E-state index contributed by atoms with van der Waals surface area (Å²) in [5.74, 6) is -0.0756. The Hall–Kier alpha value is -3.02. The number of carbonyl (C=O) groups is 1. The van der Waals surface area contributed by atoms with Gasteiger partial charge in [-0.25, -0.2) is 0 Å². The second-order valence-electron chi connectivity index (χ2n) is 4.33. The summed E-state index contributed by atoms with van der Waals surface area (Å²) in [4.78, 5) is 20.0. The average molecular weight is 280 g/mol. The van der Waals surface area contributed by atoms with Gasteiger partial charge in [0.05, 0.1) is 0 Å². The highest BCUT2D eigenvalue weighted by Crippen LogP contribution is 2.14. The third-order valence-electron chi connectivity index (χ3n) is 2.83. The molecule has 21 heavy (non-hydrogen) atoms. The third-order valence-corrected chi connectivity index (χ3v) is 2.83. The fraction of sp³-hybridized carbons (Fsp3) is 0.0667. The van der Waals surface area contributed by atoms with Crippen LogP contribution in [0.1, 0.15) is 16.2 Å². The third kappa shape index (κ3) is 3.11. The summed E-state index contributed by atoms with van der Waals surface area (Å²) in [6, 6.07) is 13.0. The maximum Gasteiger partial charge on any atom is 0.316 e. The Bertz CT molecular complexity index is 726. The molecule has 104 valence electrons. The summed E-state index contributed by atoms with van der Waals surface area (Å²) < 4.78 is 4.98. The lowest BCUT2D eigenvalue weighted by Gasteiger charge is -2.00. The minimum absolute atomic E-state index is 0.0576. The van der Waals surface area contributed by atoms with Crippen LogP contribution in [0, 0.1) is 0 Å². The average Bonchev–Trinajstić information content (AvgIpc) is 3.04. The molecule has 0 aliphatic rings. The number of pyridine rings is 1. The molecule has 3 aromatic rings. The fourth-order valence-corrected chi connectivity index (χ4v) is 1.78. The van der Waals surface area contributed by atoms with Crippen molar-refractivity contribution in [1.29, 1.82) is 0 Å². The maximum atomic E-state index is 11.9. The molecule has 2 aromatic heterocycles. The lowest BCUT2D eigenvalue weighted by molar-refractivity contribution is 0.0907. The molecule has 0 aliphatic heterocycles. The molecule has 0 spiro atoms. The van der Waals surface area contributed by atoms with Crippen molar-refractivity contribution in [2.75, 3.05) is 0 Å². The van der Waals surface area contributed by atoms with Crippen LogP contribution in [0.15, 0.2) is 59.4 Å². The molecule has 0 aliphatic carbocycles. The van der Waals surface area contributed by atoms with E-state index in [1.807, 2.05) is 42.5 Å². The number of hydrogen-bond acceptors (Lipinski definition) is 5. The van der Waals surface area contributed by atoms with E-state index in [4.69, 9.17) is 4.52 Å². The number of nitrogens with zero attached hydrogens (tertiary/aromatic N) is 3. The van der Waals surface area contributed by atoms with Crippen LogP contribution >= 0.6 is 0 Å². The van der Waals surface area contributed by atoms with Gasteiger partial charge in [-0.2, -0.15) is 4.98 Å².